The van der Waals surface area contributed by atoms with Crippen molar-refractivity contribution in [2.75, 3.05) is 13.7 Å². The minimum atomic E-state index is -0.727. The number of amides is 1. The smallest absolute Gasteiger partial charge is 0.342 e. The molecule has 0 saturated carbocycles. The molecule has 0 heterocycles. The van der Waals surface area contributed by atoms with Crippen LogP contribution in [0, 0.1) is 6.92 Å². The van der Waals surface area contributed by atoms with E-state index in [9.17, 15) is 14.7 Å². The van der Waals surface area contributed by atoms with Crippen molar-refractivity contribution in [3.8, 4) is 5.75 Å². The van der Waals surface area contributed by atoms with E-state index >= 15 is 0 Å². The zero-order chi connectivity index (χ0) is 19.4. The predicted octanol–water partition coefficient (Wildman–Crippen LogP) is 3.67. The number of fused-ring (bicyclic) bond motifs is 1. The maximum absolute atomic E-state index is 12.3. The number of carbonyl (C=O) groups excluding carboxylic acids is 2. The van der Waals surface area contributed by atoms with Crippen molar-refractivity contribution in [2.45, 2.75) is 13.5 Å². The van der Waals surface area contributed by atoms with Gasteiger partial charge in [-0.15, -0.1) is 0 Å². The molecule has 0 aliphatic heterocycles. The Labute approximate surface area is 157 Å². The Bertz CT molecular complexity index is 979. The van der Waals surface area contributed by atoms with Gasteiger partial charge in [-0.1, -0.05) is 54.1 Å². The largest absolute Gasteiger partial charge is 0.507 e. The molecule has 0 bridgehead atoms. The molecular formula is C22H21NO4. The van der Waals surface area contributed by atoms with Crippen LogP contribution in [0.1, 0.15) is 21.5 Å². The summed E-state index contributed by atoms with van der Waals surface area (Å²) in [4.78, 5) is 26.0. The molecule has 3 rings (SSSR count). The van der Waals surface area contributed by atoms with Gasteiger partial charge in [0.1, 0.15) is 11.3 Å². The highest BCUT2D eigenvalue weighted by Gasteiger charge is 2.17. The standard InChI is InChI=1S/C22H21NO4/c1-15-7-9-16(10-8-15)13-23(2)21(25)14-27-22(26)19-11-17-5-3-4-6-18(17)12-20(19)24/h3-12,24H,13-14H2,1-2H3. The molecule has 0 fully saturated rings. The molecule has 0 spiro atoms. The number of ether oxygens (including phenoxy) is 1. The number of aromatic hydroxyl groups is 1. The van der Waals surface area contributed by atoms with Crippen LogP contribution in [0.5, 0.6) is 5.75 Å². The van der Waals surface area contributed by atoms with E-state index in [0.717, 1.165) is 21.9 Å². The zero-order valence-corrected chi connectivity index (χ0v) is 15.3. The van der Waals surface area contributed by atoms with E-state index in [4.69, 9.17) is 4.74 Å². The topological polar surface area (TPSA) is 66.8 Å². The lowest BCUT2D eigenvalue weighted by Gasteiger charge is -2.17. The fourth-order valence-corrected chi connectivity index (χ4v) is 2.76. The van der Waals surface area contributed by atoms with Gasteiger partial charge in [0.15, 0.2) is 6.61 Å². The number of phenolic OH excluding ortho intramolecular Hbond substituents is 1. The van der Waals surface area contributed by atoms with Crippen LogP contribution in [0.2, 0.25) is 0 Å². The SMILES string of the molecule is Cc1ccc(CN(C)C(=O)COC(=O)c2cc3ccccc3cc2O)cc1. The third-order valence-electron chi connectivity index (χ3n) is 4.38. The number of hydrogen-bond acceptors (Lipinski definition) is 4. The molecule has 0 aromatic heterocycles. The van der Waals surface area contributed by atoms with E-state index in [1.165, 1.54) is 11.0 Å². The normalized spacial score (nSPS) is 10.6. The molecule has 0 atom stereocenters. The van der Waals surface area contributed by atoms with Crippen molar-refractivity contribution in [2.24, 2.45) is 0 Å². The van der Waals surface area contributed by atoms with Crippen molar-refractivity contribution < 1.29 is 19.4 Å². The summed E-state index contributed by atoms with van der Waals surface area (Å²) >= 11 is 0. The number of phenols is 1. The molecule has 0 saturated heterocycles. The van der Waals surface area contributed by atoms with Crippen LogP contribution in [-0.2, 0) is 16.1 Å². The molecule has 1 amide bonds. The molecule has 27 heavy (non-hydrogen) atoms. The van der Waals surface area contributed by atoms with Gasteiger partial charge in [-0.05, 0) is 35.4 Å². The highest BCUT2D eigenvalue weighted by Crippen LogP contribution is 2.25. The summed E-state index contributed by atoms with van der Waals surface area (Å²) in [6.07, 6.45) is 0. The van der Waals surface area contributed by atoms with Crippen LogP contribution < -0.4 is 0 Å². The van der Waals surface area contributed by atoms with Gasteiger partial charge in [-0.25, -0.2) is 4.79 Å². The summed E-state index contributed by atoms with van der Waals surface area (Å²) in [5.74, 6) is -1.21. The van der Waals surface area contributed by atoms with Gasteiger partial charge in [0.2, 0.25) is 0 Å². The Balaban J connectivity index is 1.62. The predicted molar refractivity (Wildman–Crippen MR) is 104 cm³/mol. The third-order valence-corrected chi connectivity index (χ3v) is 4.38. The number of hydrogen-bond donors (Lipinski definition) is 1. The summed E-state index contributed by atoms with van der Waals surface area (Å²) in [7, 11) is 1.66. The summed E-state index contributed by atoms with van der Waals surface area (Å²) < 4.78 is 5.11. The van der Waals surface area contributed by atoms with Crippen LogP contribution in [-0.4, -0.2) is 35.5 Å². The third kappa shape index (κ3) is 4.44. The van der Waals surface area contributed by atoms with Crippen LogP contribution in [0.25, 0.3) is 10.8 Å². The van der Waals surface area contributed by atoms with E-state index in [2.05, 4.69) is 0 Å². The van der Waals surface area contributed by atoms with Crippen molar-refractivity contribution in [3.05, 3.63) is 77.4 Å². The first-order valence-electron chi connectivity index (χ1n) is 8.62. The second-order valence-corrected chi connectivity index (χ2v) is 6.53. The molecule has 0 aliphatic rings. The number of likely N-dealkylation sites (N-methyl/N-ethyl adjacent to an activating group) is 1. The number of nitrogens with zero attached hydrogens (tertiary/aromatic N) is 1. The average Bonchev–Trinajstić information content (AvgIpc) is 2.67. The van der Waals surface area contributed by atoms with Gasteiger partial charge < -0.3 is 14.7 Å². The molecule has 0 unspecified atom stereocenters. The first-order valence-corrected chi connectivity index (χ1v) is 8.62. The van der Waals surface area contributed by atoms with Crippen molar-refractivity contribution in [1.29, 1.82) is 0 Å². The monoisotopic (exact) mass is 363 g/mol. The van der Waals surface area contributed by atoms with Crippen LogP contribution in [0.4, 0.5) is 0 Å². The number of benzene rings is 3. The molecule has 138 valence electrons. The fourth-order valence-electron chi connectivity index (χ4n) is 2.76. The van der Waals surface area contributed by atoms with E-state index in [0.29, 0.717) is 6.54 Å². The quantitative estimate of drug-likeness (QED) is 0.703. The first kappa shape index (κ1) is 18.5. The van der Waals surface area contributed by atoms with Crippen molar-refractivity contribution >= 4 is 22.6 Å². The Kier molecular flexibility index (Phi) is 5.41. The van der Waals surface area contributed by atoms with Gasteiger partial charge in [0.05, 0.1) is 0 Å². The maximum atomic E-state index is 12.3. The molecule has 1 N–H and O–H groups in total. The van der Waals surface area contributed by atoms with Crippen molar-refractivity contribution in [1.82, 2.24) is 4.90 Å². The van der Waals surface area contributed by atoms with Crippen LogP contribution in [0.15, 0.2) is 60.7 Å². The molecule has 0 radical (unpaired) electrons. The summed E-state index contributed by atoms with van der Waals surface area (Å²) in [5, 5.41) is 11.7. The van der Waals surface area contributed by atoms with Gasteiger partial charge in [-0.2, -0.15) is 0 Å². The number of esters is 1. The van der Waals surface area contributed by atoms with Crippen molar-refractivity contribution in [3.63, 3.8) is 0 Å². The highest BCUT2D eigenvalue weighted by atomic mass is 16.5. The van der Waals surface area contributed by atoms with E-state index in [1.54, 1.807) is 13.1 Å². The Morgan fingerprint density at radius 1 is 1.00 bits per heavy atom. The molecule has 5 nitrogen and oxygen atoms in total. The Hall–Kier alpha value is -3.34. The number of rotatable bonds is 5. The molecule has 3 aromatic carbocycles. The Morgan fingerprint density at radius 3 is 2.30 bits per heavy atom. The molecule has 0 aliphatic carbocycles. The van der Waals surface area contributed by atoms with E-state index < -0.39 is 5.97 Å². The van der Waals surface area contributed by atoms with Gasteiger partial charge in [-0.3, -0.25) is 4.79 Å². The van der Waals surface area contributed by atoms with E-state index in [1.807, 2.05) is 55.5 Å². The van der Waals surface area contributed by atoms with Crippen LogP contribution in [0.3, 0.4) is 0 Å². The number of aryl methyl sites for hydroxylation is 1. The fraction of sp³-hybridized carbons (Fsp3) is 0.182. The molecular weight excluding hydrogens is 342 g/mol. The number of carbonyl (C=O) groups is 2. The lowest BCUT2D eigenvalue weighted by atomic mass is 10.1. The minimum absolute atomic E-state index is 0.0442. The summed E-state index contributed by atoms with van der Waals surface area (Å²) in [6.45, 7) is 2.05. The average molecular weight is 363 g/mol. The van der Waals surface area contributed by atoms with Gasteiger partial charge in [0.25, 0.3) is 5.91 Å². The Morgan fingerprint density at radius 2 is 1.63 bits per heavy atom. The molecule has 5 heteroatoms. The maximum Gasteiger partial charge on any atom is 0.342 e. The first-order chi connectivity index (χ1) is 12.9. The van der Waals surface area contributed by atoms with Gasteiger partial charge in [0, 0.05) is 13.6 Å². The zero-order valence-electron chi connectivity index (χ0n) is 15.3. The molecule has 3 aromatic rings. The lowest BCUT2D eigenvalue weighted by molar-refractivity contribution is -0.133. The highest BCUT2D eigenvalue weighted by molar-refractivity contribution is 5.99. The summed E-state index contributed by atoms with van der Waals surface area (Å²) in [5.41, 5.74) is 2.19. The summed E-state index contributed by atoms with van der Waals surface area (Å²) in [6, 6.07) is 18.3. The lowest BCUT2D eigenvalue weighted by Crippen LogP contribution is -2.30. The van der Waals surface area contributed by atoms with Gasteiger partial charge >= 0.3 is 5.97 Å². The van der Waals surface area contributed by atoms with Crippen LogP contribution >= 0.6 is 0 Å². The second-order valence-electron chi connectivity index (χ2n) is 6.53. The van der Waals surface area contributed by atoms with E-state index in [-0.39, 0.29) is 23.8 Å². The minimum Gasteiger partial charge on any atom is -0.507 e. The second kappa shape index (κ2) is 7.91.